The lowest BCUT2D eigenvalue weighted by Crippen LogP contribution is -2.18. The molecule has 2 aromatic carbocycles. The number of halogens is 3. The van der Waals surface area contributed by atoms with E-state index in [9.17, 15) is 9.59 Å². The molecule has 0 fully saturated rings. The zero-order valence-electron chi connectivity index (χ0n) is 14.7. The number of carboxylic acids is 1. The van der Waals surface area contributed by atoms with Crippen molar-refractivity contribution in [2.45, 2.75) is 26.9 Å². The van der Waals surface area contributed by atoms with Gasteiger partial charge in [-0.15, -0.1) is 0 Å². The molecular weight excluding hydrogens is 413 g/mol. The molecule has 0 aliphatic heterocycles. The van der Waals surface area contributed by atoms with Crippen molar-refractivity contribution >= 4 is 52.4 Å². The molecule has 0 bridgehead atoms. The second kappa shape index (κ2) is 9.31. The number of hydrogen-bond donors (Lipinski definition) is 2. The minimum absolute atomic E-state index is 0.0714. The molecule has 0 saturated carbocycles. The summed E-state index contributed by atoms with van der Waals surface area (Å²) in [7, 11) is 0. The van der Waals surface area contributed by atoms with Gasteiger partial charge in [-0.3, -0.25) is 9.59 Å². The van der Waals surface area contributed by atoms with Gasteiger partial charge in [0.1, 0.15) is 6.61 Å². The second-order valence-electron chi connectivity index (χ2n) is 6.17. The van der Waals surface area contributed by atoms with E-state index in [4.69, 9.17) is 44.6 Å². The van der Waals surface area contributed by atoms with Crippen molar-refractivity contribution in [3.05, 3.63) is 56.5 Å². The van der Waals surface area contributed by atoms with Crippen molar-refractivity contribution in [2.24, 2.45) is 5.92 Å². The van der Waals surface area contributed by atoms with Crippen molar-refractivity contribution in [3.63, 3.8) is 0 Å². The van der Waals surface area contributed by atoms with Crippen molar-refractivity contribution in [2.75, 3.05) is 5.32 Å². The van der Waals surface area contributed by atoms with Gasteiger partial charge < -0.3 is 15.2 Å². The lowest BCUT2D eigenvalue weighted by Gasteiger charge is -2.15. The van der Waals surface area contributed by atoms with Crippen LogP contribution in [0.2, 0.25) is 15.1 Å². The van der Waals surface area contributed by atoms with Crippen molar-refractivity contribution in [1.82, 2.24) is 0 Å². The number of carbonyl (C=O) groups is 2. The van der Waals surface area contributed by atoms with Crippen LogP contribution in [0.4, 0.5) is 5.69 Å². The first-order valence-corrected chi connectivity index (χ1v) is 9.23. The topological polar surface area (TPSA) is 75.6 Å². The molecule has 0 unspecified atom stereocenters. The molecule has 0 heterocycles. The van der Waals surface area contributed by atoms with E-state index in [0.717, 1.165) is 0 Å². The third kappa shape index (κ3) is 5.76. The van der Waals surface area contributed by atoms with Crippen LogP contribution in [0.5, 0.6) is 5.75 Å². The van der Waals surface area contributed by atoms with Crippen molar-refractivity contribution in [1.29, 1.82) is 0 Å². The Balaban J connectivity index is 2.17. The van der Waals surface area contributed by atoms with Crippen molar-refractivity contribution in [3.8, 4) is 5.75 Å². The Kier molecular flexibility index (Phi) is 7.36. The number of anilines is 1. The number of nitrogens with one attached hydrogen (secondary N) is 1. The highest BCUT2D eigenvalue weighted by atomic mass is 35.5. The molecule has 0 radical (unpaired) electrons. The Labute approximate surface area is 172 Å². The summed E-state index contributed by atoms with van der Waals surface area (Å²) >= 11 is 18.7. The molecule has 8 heteroatoms. The molecule has 2 aromatic rings. The molecule has 0 aromatic heterocycles. The molecule has 1 amide bonds. The SMILES string of the molecule is CC(C)C(=O)Nc1cccc(COc2c(Cl)cc(CC(=O)O)cc2Cl)c1Cl. The van der Waals surface area contributed by atoms with Crippen LogP contribution in [0.15, 0.2) is 30.3 Å². The smallest absolute Gasteiger partial charge is 0.307 e. The fourth-order valence-electron chi connectivity index (χ4n) is 2.24. The first kappa shape index (κ1) is 21.4. The van der Waals surface area contributed by atoms with Gasteiger partial charge in [-0.2, -0.15) is 0 Å². The van der Waals surface area contributed by atoms with Crippen LogP contribution < -0.4 is 10.1 Å². The average Bonchev–Trinajstić information content (AvgIpc) is 2.56. The monoisotopic (exact) mass is 429 g/mol. The molecule has 0 aliphatic carbocycles. The lowest BCUT2D eigenvalue weighted by molar-refractivity contribution is -0.136. The molecular formula is C19H18Cl3NO4. The van der Waals surface area contributed by atoms with E-state index in [1.165, 1.54) is 12.1 Å². The van der Waals surface area contributed by atoms with Crippen LogP contribution in [0.1, 0.15) is 25.0 Å². The number of aliphatic carboxylic acids is 1. The van der Waals surface area contributed by atoms with Crippen LogP contribution >= 0.6 is 34.8 Å². The highest BCUT2D eigenvalue weighted by Crippen LogP contribution is 2.36. The van der Waals surface area contributed by atoms with E-state index in [0.29, 0.717) is 21.8 Å². The van der Waals surface area contributed by atoms with Gasteiger partial charge in [0.25, 0.3) is 0 Å². The maximum atomic E-state index is 11.9. The third-order valence-corrected chi connectivity index (χ3v) is 4.65. The summed E-state index contributed by atoms with van der Waals surface area (Å²) < 4.78 is 5.69. The molecule has 0 aliphatic rings. The van der Waals surface area contributed by atoms with E-state index in [1.807, 2.05) is 0 Å². The first-order chi connectivity index (χ1) is 12.7. The summed E-state index contributed by atoms with van der Waals surface area (Å²) in [6.45, 7) is 3.64. The molecule has 2 rings (SSSR count). The number of amides is 1. The van der Waals surface area contributed by atoms with E-state index < -0.39 is 5.97 Å². The quantitative estimate of drug-likeness (QED) is 0.612. The van der Waals surface area contributed by atoms with Gasteiger partial charge in [-0.25, -0.2) is 0 Å². The third-order valence-electron chi connectivity index (χ3n) is 3.65. The molecule has 0 atom stereocenters. The molecule has 0 spiro atoms. The van der Waals surface area contributed by atoms with Gasteiger partial charge in [0.15, 0.2) is 5.75 Å². The summed E-state index contributed by atoms with van der Waals surface area (Å²) in [6.07, 6.45) is -0.191. The van der Waals surface area contributed by atoms with E-state index >= 15 is 0 Å². The second-order valence-corrected chi connectivity index (χ2v) is 7.36. The van der Waals surface area contributed by atoms with E-state index in [1.54, 1.807) is 32.0 Å². The highest BCUT2D eigenvalue weighted by Gasteiger charge is 2.15. The zero-order chi connectivity index (χ0) is 20.1. The number of hydrogen-bond acceptors (Lipinski definition) is 3. The van der Waals surface area contributed by atoms with E-state index in [-0.39, 0.29) is 40.6 Å². The standard InChI is InChI=1S/C19H18Cl3NO4/c1-10(2)19(26)23-15-5-3-4-12(17(15)22)9-27-18-13(20)6-11(7-14(18)21)8-16(24)25/h3-7,10H,8-9H2,1-2H3,(H,23,26)(H,24,25). The predicted octanol–water partition coefficient (Wildman–Crippen LogP) is 5.45. The Morgan fingerprint density at radius 3 is 2.33 bits per heavy atom. The maximum Gasteiger partial charge on any atom is 0.307 e. The summed E-state index contributed by atoms with van der Waals surface area (Å²) in [6, 6.07) is 8.20. The molecule has 144 valence electrons. The van der Waals surface area contributed by atoms with Gasteiger partial charge in [0, 0.05) is 11.5 Å². The summed E-state index contributed by atoms with van der Waals surface area (Å²) in [5.41, 5.74) is 1.60. The number of carbonyl (C=O) groups excluding carboxylic acids is 1. The molecule has 2 N–H and O–H groups in total. The fraction of sp³-hybridized carbons (Fsp3) is 0.263. The first-order valence-electron chi connectivity index (χ1n) is 8.09. The number of ether oxygens (including phenoxy) is 1. The average molecular weight is 431 g/mol. The number of benzene rings is 2. The van der Waals surface area contributed by atoms with E-state index in [2.05, 4.69) is 5.32 Å². The Hall–Kier alpha value is -1.95. The van der Waals surface area contributed by atoms with Gasteiger partial charge in [-0.05, 0) is 23.8 Å². The molecule has 0 saturated heterocycles. The zero-order valence-corrected chi connectivity index (χ0v) is 17.0. The van der Waals surface area contributed by atoms with Crippen LogP contribution in [0.3, 0.4) is 0 Å². The fourth-order valence-corrected chi connectivity index (χ4v) is 3.11. The Morgan fingerprint density at radius 2 is 1.78 bits per heavy atom. The Morgan fingerprint density at radius 1 is 1.15 bits per heavy atom. The van der Waals surface area contributed by atoms with Crippen LogP contribution in [0.25, 0.3) is 0 Å². The number of rotatable bonds is 7. The van der Waals surface area contributed by atoms with Crippen LogP contribution in [0, 0.1) is 5.92 Å². The largest absolute Gasteiger partial charge is 0.486 e. The predicted molar refractivity (Wildman–Crippen MR) is 107 cm³/mol. The molecule has 27 heavy (non-hydrogen) atoms. The number of carboxylic acid groups (broad SMARTS) is 1. The minimum atomic E-state index is -0.983. The van der Waals surface area contributed by atoms with Gasteiger partial charge in [0.2, 0.25) is 5.91 Å². The van der Waals surface area contributed by atoms with Crippen molar-refractivity contribution < 1.29 is 19.4 Å². The van der Waals surface area contributed by atoms with Gasteiger partial charge in [-0.1, -0.05) is 60.8 Å². The summed E-state index contributed by atoms with van der Waals surface area (Å²) in [4.78, 5) is 22.7. The van der Waals surface area contributed by atoms with Crippen LogP contribution in [-0.2, 0) is 22.6 Å². The molecule has 5 nitrogen and oxygen atoms in total. The Bertz CT molecular complexity index is 845. The highest BCUT2D eigenvalue weighted by molar-refractivity contribution is 6.37. The van der Waals surface area contributed by atoms with Gasteiger partial charge >= 0.3 is 5.97 Å². The lowest BCUT2D eigenvalue weighted by atomic mass is 10.1. The normalized spacial score (nSPS) is 10.7. The minimum Gasteiger partial charge on any atom is -0.486 e. The van der Waals surface area contributed by atoms with Gasteiger partial charge in [0.05, 0.1) is 27.2 Å². The van der Waals surface area contributed by atoms with Crippen LogP contribution in [-0.4, -0.2) is 17.0 Å². The maximum absolute atomic E-state index is 11.9. The summed E-state index contributed by atoms with van der Waals surface area (Å²) in [5, 5.41) is 12.4. The summed E-state index contributed by atoms with van der Waals surface area (Å²) in [5.74, 6) is -1.07.